The predicted octanol–water partition coefficient (Wildman–Crippen LogP) is 0.782. The van der Waals surface area contributed by atoms with E-state index in [1.54, 1.807) is 5.01 Å². The van der Waals surface area contributed by atoms with E-state index in [1.807, 2.05) is 41.2 Å². The minimum Gasteiger partial charge on any atom is -0.375 e. The Bertz CT molecular complexity index is 505. The molecule has 2 rings (SSSR count). The smallest absolute Gasteiger partial charge is 0.185 e. The summed E-state index contributed by atoms with van der Waals surface area (Å²) < 4.78 is 1.94. The quantitative estimate of drug-likeness (QED) is 0.771. The molecule has 4 N–H and O–H groups in total. The van der Waals surface area contributed by atoms with Crippen LogP contribution >= 0.6 is 12.2 Å². The number of para-hydroxylation sites is 1. The molecule has 0 aliphatic heterocycles. The third kappa shape index (κ3) is 1.87. The summed E-state index contributed by atoms with van der Waals surface area (Å²) in [5.74, 6) is 0. The zero-order valence-electron chi connectivity index (χ0n) is 8.84. The van der Waals surface area contributed by atoms with Gasteiger partial charge in [-0.3, -0.25) is 9.69 Å². The van der Waals surface area contributed by atoms with Crippen LogP contribution in [-0.4, -0.2) is 22.9 Å². The monoisotopic (exact) mass is 234 g/mol. The van der Waals surface area contributed by atoms with E-state index in [0.717, 1.165) is 10.9 Å². The Balaban J connectivity index is 2.48. The molecule has 0 spiro atoms. The summed E-state index contributed by atoms with van der Waals surface area (Å²) in [6, 6.07) is 10.1. The minimum absolute atomic E-state index is 0.326. The molecule has 5 heteroatoms. The van der Waals surface area contributed by atoms with Crippen molar-refractivity contribution in [3.63, 3.8) is 0 Å². The number of hydrogen-bond donors (Lipinski definition) is 2. The van der Waals surface area contributed by atoms with Crippen LogP contribution in [0.3, 0.4) is 0 Å². The maximum atomic E-state index is 5.69. The first-order valence-corrected chi connectivity index (χ1v) is 5.48. The SMILES string of the molecule is NCCN(C(N)=S)n1ccc2ccccc21. The highest BCUT2D eigenvalue weighted by molar-refractivity contribution is 7.80. The lowest BCUT2D eigenvalue weighted by Gasteiger charge is -2.24. The zero-order valence-corrected chi connectivity index (χ0v) is 9.65. The van der Waals surface area contributed by atoms with Crippen molar-refractivity contribution in [2.24, 2.45) is 11.5 Å². The number of nitrogens with zero attached hydrogens (tertiary/aromatic N) is 2. The number of rotatable bonds is 3. The standard InChI is InChI=1S/C11H14N4S/c12-6-8-15(11(13)16)14-7-5-9-3-1-2-4-10(9)14/h1-5,7H,6,8,12H2,(H2,13,16). The van der Waals surface area contributed by atoms with Gasteiger partial charge in [-0.05, 0) is 24.4 Å². The van der Waals surface area contributed by atoms with Crippen molar-refractivity contribution in [2.45, 2.75) is 0 Å². The topological polar surface area (TPSA) is 60.2 Å². The van der Waals surface area contributed by atoms with E-state index in [0.29, 0.717) is 18.2 Å². The van der Waals surface area contributed by atoms with Crippen LogP contribution in [0.4, 0.5) is 0 Å². The Kier molecular flexibility index (Phi) is 3.07. The van der Waals surface area contributed by atoms with Crippen LogP contribution in [0.1, 0.15) is 0 Å². The Morgan fingerprint density at radius 3 is 2.75 bits per heavy atom. The Labute approximate surface area is 99.4 Å². The molecule has 1 aromatic heterocycles. The second kappa shape index (κ2) is 4.51. The maximum absolute atomic E-state index is 5.69. The van der Waals surface area contributed by atoms with E-state index < -0.39 is 0 Å². The fraction of sp³-hybridized carbons (Fsp3) is 0.182. The summed E-state index contributed by atoms with van der Waals surface area (Å²) in [6.45, 7) is 1.11. The number of thiocarbonyl (C=S) groups is 1. The molecule has 0 aliphatic carbocycles. The van der Waals surface area contributed by atoms with Crippen molar-refractivity contribution in [1.82, 2.24) is 4.68 Å². The molecule has 0 atom stereocenters. The third-order valence-electron chi connectivity index (χ3n) is 2.43. The summed E-state index contributed by atoms with van der Waals surface area (Å²) in [7, 11) is 0. The number of nitrogens with two attached hydrogens (primary N) is 2. The van der Waals surface area contributed by atoms with Crippen molar-refractivity contribution < 1.29 is 0 Å². The minimum atomic E-state index is 0.326. The number of fused-ring (bicyclic) bond motifs is 1. The van der Waals surface area contributed by atoms with E-state index in [1.165, 1.54) is 0 Å². The molecule has 1 heterocycles. The first-order valence-electron chi connectivity index (χ1n) is 5.07. The molecule has 0 aliphatic rings. The Morgan fingerprint density at radius 2 is 2.06 bits per heavy atom. The number of benzene rings is 1. The average Bonchev–Trinajstić information content (AvgIpc) is 2.69. The van der Waals surface area contributed by atoms with Gasteiger partial charge in [0.25, 0.3) is 0 Å². The molecular formula is C11H14N4S. The molecule has 0 saturated heterocycles. The van der Waals surface area contributed by atoms with Gasteiger partial charge in [-0.2, -0.15) is 0 Å². The highest BCUT2D eigenvalue weighted by atomic mass is 32.1. The van der Waals surface area contributed by atoms with Crippen molar-refractivity contribution in [1.29, 1.82) is 0 Å². The summed E-state index contributed by atoms with van der Waals surface area (Å²) in [5, 5.41) is 3.27. The van der Waals surface area contributed by atoms with Crippen LogP contribution in [-0.2, 0) is 0 Å². The van der Waals surface area contributed by atoms with Gasteiger partial charge in [0.1, 0.15) is 0 Å². The summed E-state index contributed by atoms with van der Waals surface area (Å²) in [5.41, 5.74) is 12.3. The maximum Gasteiger partial charge on any atom is 0.185 e. The van der Waals surface area contributed by atoms with Crippen LogP contribution in [0.25, 0.3) is 10.9 Å². The van der Waals surface area contributed by atoms with Gasteiger partial charge in [0.15, 0.2) is 5.11 Å². The number of aromatic nitrogens is 1. The molecule has 84 valence electrons. The van der Waals surface area contributed by atoms with Gasteiger partial charge in [0.05, 0.1) is 12.1 Å². The molecule has 0 bridgehead atoms. The van der Waals surface area contributed by atoms with Gasteiger partial charge in [-0.25, -0.2) is 0 Å². The molecule has 2 aromatic rings. The van der Waals surface area contributed by atoms with Crippen LogP contribution in [0.15, 0.2) is 36.5 Å². The van der Waals surface area contributed by atoms with E-state index in [4.69, 9.17) is 23.7 Å². The van der Waals surface area contributed by atoms with Crippen LogP contribution in [0, 0.1) is 0 Å². The largest absolute Gasteiger partial charge is 0.375 e. The third-order valence-corrected chi connectivity index (χ3v) is 2.65. The zero-order chi connectivity index (χ0) is 11.5. The van der Waals surface area contributed by atoms with Gasteiger partial charge in [0, 0.05) is 18.1 Å². The van der Waals surface area contributed by atoms with E-state index >= 15 is 0 Å². The van der Waals surface area contributed by atoms with Crippen LogP contribution < -0.4 is 16.5 Å². The van der Waals surface area contributed by atoms with Gasteiger partial charge in [-0.15, -0.1) is 0 Å². The summed E-state index contributed by atoms with van der Waals surface area (Å²) >= 11 is 5.02. The van der Waals surface area contributed by atoms with Gasteiger partial charge < -0.3 is 11.5 Å². The first kappa shape index (κ1) is 10.9. The lowest BCUT2D eigenvalue weighted by atomic mass is 10.3. The predicted molar refractivity (Wildman–Crippen MR) is 70.9 cm³/mol. The van der Waals surface area contributed by atoms with E-state index in [-0.39, 0.29) is 0 Å². The molecule has 4 nitrogen and oxygen atoms in total. The van der Waals surface area contributed by atoms with Crippen molar-refractivity contribution >= 4 is 28.2 Å². The van der Waals surface area contributed by atoms with Crippen LogP contribution in [0.5, 0.6) is 0 Å². The molecule has 16 heavy (non-hydrogen) atoms. The second-order valence-corrected chi connectivity index (χ2v) is 3.89. The second-order valence-electron chi connectivity index (χ2n) is 3.47. The molecule has 0 saturated carbocycles. The summed E-state index contributed by atoms with van der Waals surface area (Å²) in [6.07, 6.45) is 1.94. The van der Waals surface area contributed by atoms with E-state index in [9.17, 15) is 0 Å². The number of hydrogen-bond acceptors (Lipinski definition) is 2. The van der Waals surface area contributed by atoms with E-state index in [2.05, 4.69) is 0 Å². The lowest BCUT2D eigenvalue weighted by Crippen LogP contribution is -2.46. The van der Waals surface area contributed by atoms with Gasteiger partial charge in [-0.1, -0.05) is 18.2 Å². The van der Waals surface area contributed by atoms with Crippen molar-refractivity contribution in [3.05, 3.63) is 36.5 Å². The van der Waals surface area contributed by atoms with Crippen molar-refractivity contribution in [2.75, 3.05) is 18.1 Å². The molecule has 0 amide bonds. The molecule has 0 fully saturated rings. The molecule has 0 radical (unpaired) electrons. The van der Waals surface area contributed by atoms with Gasteiger partial charge in [0.2, 0.25) is 0 Å². The normalized spacial score (nSPS) is 10.6. The van der Waals surface area contributed by atoms with Gasteiger partial charge >= 0.3 is 0 Å². The molecular weight excluding hydrogens is 220 g/mol. The first-order chi connectivity index (χ1) is 7.74. The van der Waals surface area contributed by atoms with Crippen LogP contribution in [0.2, 0.25) is 0 Å². The van der Waals surface area contributed by atoms with Crippen molar-refractivity contribution in [3.8, 4) is 0 Å². The highest BCUT2D eigenvalue weighted by Crippen LogP contribution is 2.15. The molecule has 0 unspecified atom stereocenters. The lowest BCUT2D eigenvalue weighted by molar-refractivity contribution is 0.737. The molecule has 1 aromatic carbocycles. The Hall–Kier alpha value is -1.59. The summed E-state index contributed by atoms with van der Waals surface area (Å²) in [4.78, 5) is 0. The average molecular weight is 234 g/mol. The fourth-order valence-electron chi connectivity index (χ4n) is 1.73. The Morgan fingerprint density at radius 1 is 1.31 bits per heavy atom. The highest BCUT2D eigenvalue weighted by Gasteiger charge is 2.09. The fourth-order valence-corrected chi connectivity index (χ4v) is 1.90.